The molecule has 1 aliphatic rings. The van der Waals surface area contributed by atoms with Crippen LogP contribution in [0.15, 0.2) is 54.6 Å². The first-order valence-corrected chi connectivity index (χ1v) is 8.23. The van der Waals surface area contributed by atoms with E-state index in [0.29, 0.717) is 11.5 Å². The van der Waals surface area contributed by atoms with E-state index in [4.69, 9.17) is 9.47 Å². The molecule has 2 aromatic rings. The minimum atomic E-state index is -0.625. The maximum absolute atomic E-state index is 13.0. The van der Waals surface area contributed by atoms with Gasteiger partial charge in [-0.1, -0.05) is 36.4 Å². The van der Waals surface area contributed by atoms with Crippen LogP contribution in [0, 0.1) is 0 Å². The van der Waals surface area contributed by atoms with Crippen LogP contribution in [0.5, 0.6) is 11.5 Å². The maximum Gasteiger partial charge on any atom is 0.169 e. The van der Waals surface area contributed by atoms with Crippen molar-refractivity contribution in [3.8, 4) is 11.5 Å². The van der Waals surface area contributed by atoms with Gasteiger partial charge in [-0.05, 0) is 54.3 Å². The van der Waals surface area contributed by atoms with Gasteiger partial charge < -0.3 is 9.47 Å². The summed E-state index contributed by atoms with van der Waals surface area (Å²) in [4.78, 5) is 13.0. The number of benzene rings is 2. The van der Waals surface area contributed by atoms with E-state index in [0.717, 1.165) is 22.3 Å². The van der Waals surface area contributed by atoms with E-state index < -0.39 is 5.41 Å². The summed E-state index contributed by atoms with van der Waals surface area (Å²) >= 11 is 0. The third kappa shape index (κ3) is 3.10. The Morgan fingerprint density at radius 2 is 1.68 bits per heavy atom. The molecule has 0 saturated carbocycles. The molecule has 0 bridgehead atoms. The minimum Gasteiger partial charge on any atom is -0.497 e. The van der Waals surface area contributed by atoms with Crippen molar-refractivity contribution in [1.82, 2.24) is 0 Å². The second kappa shape index (κ2) is 6.60. The van der Waals surface area contributed by atoms with Crippen molar-refractivity contribution in [2.75, 3.05) is 14.2 Å². The van der Waals surface area contributed by atoms with Gasteiger partial charge in [-0.25, -0.2) is 0 Å². The highest BCUT2D eigenvalue weighted by molar-refractivity contribution is 6.06. The summed E-state index contributed by atoms with van der Waals surface area (Å²) in [5.74, 6) is 1.44. The number of methoxy groups -OCH3 is 2. The Labute approximate surface area is 148 Å². The molecule has 2 aromatic carbocycles. The van der Waals surface area contributed by atoms with Crippen molar-refractivity contribution < 1.29 is 14.3 Å². The third-order valence-corrected chi connectivity index (χ3v) is 4.73. The summed E-state index contributed by atoms with van der Waals surface area (Å²) in [5.41, 5.74) is 3.59. The number of ether oxygens (including phenoxy) is 2. The number of fused-ring (bicyclic) bond motifs is 1. The van der Waals surface area contributed by atoms with Crippen molar-refractivity contribution >= 4 is 17.4 Å². The summed E-state index contributed by atoms with van der Waals surface area (Å²) in [7, 11) is 3.22. The highest BCUT2D eigenvalue weighted by Crippen LogP contribution is 2.41. The van der Waals surface area contributed by atoms with E-state index >= 15 is 0 Å². The van der Waals surface area contributed by atoms with Crippen LogP contribution in [0.25, 0.3) is 11.6 Å². The van der Waals surface area contributed by atoms with Crippen molar-refractivity contribution in [2.45, 2.75) is 19.3 Å². The highest BCUT2D eigenvalue weighted by Gasteiger charge is 2.37. The number of hydrogen-bond donors (Lipinski definition) is 0. The number of rotatable bonds is 5. The van der Waals surface area contributed by atoms with Crippen LogP contribution < -0.4 is 9.47 Å². The Hall–Kier alpha value is -2.81. The molecule has 1 unspecified atom stereocenters. The molecule has 0 saturated heterocycles. The zero-order valence-electron chi connectivity index (χ0n) is 15.0. The average Bonchev–Trinajstić information content (AvgIpc) is 2.91. The van der Waals surface area contributed by atoms with Crippen molar-refractivity contribution in [1.29, 1.82) is 0 Å². The Morgan fingerprint density at radius 1 is 1.04 bits per heavy atom. The highest BCUT2D eigenvalue weighted by atomic mass is 16.5. The first-order valence-electron chi connectivity index (χ1n) is 8.23. The largest absolute Gasteiger partial charge is 0.497 e. The van der Waals surface area contributed by atoms with Crippen molar-refractivity contribution in [3.63, 3.8) is 0 Å². The summed E-state index contributed by atoms with van der Waals surface area (Å²) in [5, 5.41) is 0. The first-order chi connectivity index (χ1) is 12.0. The molecule has 1 atom stereocenters. The Balaban J connectivity index is 1.92. The van der Waals surface area contributed by atoms with E-state index in [-0.39, 0.29) is 5.78 Å². The van der Waals surface area contributed by atoms with Gasteiger partial charge in [0.25, 0.3) is 0 Å². The van der Waals surface area contributed by atoms with Gasteiger partial charge in [0.05, 0.1) is 19.6 Å². The molecule has 3 heteroatoms. The fourth-order valence-electron chi connectivity index (χ4n) is 3.34. The van der Waals surface area contributed by atoms with Gasteiger partial charge in [-0.3, -0.25) is 4.79 Å². The van der Waals surface area contributed by atoms with Crippen LogP contribution in [0.4, 0.5) is 0 Å². The van der Waals surface area contributed by atoms with Gasteiger partial charge in [0, 0.05) is 6.07 Å². The molecule has 3 nitrogen and oxygen atoms in total. The van der Waals surface area contributed by atoms with E-state index in [1.54, 1.807) is 26.4 Å². The fourth-order valence-corrected chi connectivity index (χ4v) is 3.34. The molecule has 0 fully saturated rings. The van der Waals surface area contributed by atoms with Crippen LogP contribution in [-0.4, -0.2) is 20.0 Å². The second-order valence-electron chi connectivity index (χ2n) is 6.42. The summed E-state index contributed by atoms with van der Waals surface area (Å²) < 4.78 is 10.6. The maximum atomic E-state index is 13.0. The van der Waals surface area contributed by atoms with E-state index in [1.807, 2.05) is 50.3 Å². The molecule has 0 amide bonds. The predicted octanol–water partition coefficient (Wildman–Crippen LogP) is 4.66. The van der Waals surface area contributed by atoms with E-state index in [9.17, 15) is 4.79 Å². The van der Waals surface area contributed by atoms with Crippen molar-refractivity contribution in [2.24, 2.45) is 0 Å². The second-order valence-corrected chi connectivity index (χ2v) is 6.42. The van der Waals surface area contributed by atoms with Gasteiger partial charge in [0.15, 0.2) is 5.78 Å². The molecule has 0 N–H and O–H groups in total. The SMILES string of the molecule is COc1cc(/C=C/C(=O)C2(C)C=C(C)c3ccccc32)cc(OC)c1. The van der Waals surface area contributed by atoms with Crippen LogP contribution in [0.2, 0.25) is 0 Å². The Morgan fingerprint density at radius 3 is 2.32 bits per heavy atom. The number of ketones is 1. The minimum absolute atomic E-state index is 0.0542. The Bertz CT molecular complexity index is 854. The zero-order valence-corrected chi connectivity index (χ0v) is 15.0. The van der Waals surface area contributed by atoms with Crippen LogP contribution in [-0.2, 0) is 10.2 Å². The van der Waals surface area contributed by atoms with Crippen LogP contribution in [0.1, 0.15) is 30.5 Å². The molecule has 1 aliphatic carbocycles. The molecule has 0 spiro atoms. The topological polar surface area (TPSA) is 35.5 Å². The normalized spacial score (nSPS) is 18.8. The average molecular weight is 334 g/mol. The predicted molar refractivity (Wildman–Crippen MR) is 101 cm³/mol. The van der Waals surface area contributed by atoms with Crippen LogP contribution in [0.3, 0.4) is 0 Å². The lowest BCUT2D eigenvalue weighted by atomic mass is 9.80. The summed E-state index contributed by atoms with van der Waals surface area (Å²) in [6, 6.07) is 13.6. The lowest BCUT2D eigenvalue weighted by Crippen LogP contribution is -2.27. The fraction of sp³-hybridized carbons (Fsp3) is 0.227. The molecule has 0 heterocycles. The van der Waals surface area contributed by atoms with Gasteiger partial charge in [0.2, 0.25) is 0 Å². The number of carbonyl (C=O) groups excluding carboxylic acids is 1. The molecule has 0 aromatic heterocycles. The molecule has 0 aliphatic heterocycles. The standard InChI is InChI=1S/C22H22O3/c1-15-14-22(2,20-8-6-5-7-19(15)20)21(23)10-9-16-11-17(24-3)13-18(12-16)25-4/h5-14H,1-4H3/b10-9+. The third-order valence-electron chi connectivity index (χ3n) is 4.73. The number of carbonyl (C=O) groups is 1. The molecule has 25 heavy (non-hydrogen) atoms. The molecule has 3 rings (SSSR count). The van der Waals surface area contributed by atoms with E-state index in [1.165, 1.54) is 0 Å². The van der Waals surface area contributed by atoms with Gasteiger partial charge in [-0.2, -0.15) is 0 Å². The smallest absolute Gasteiger partial charge is 0.169 e. The summed E-state index contributed by atoms with van der Waals surface area (Å²) in [6.07, 6.45) is 5.50. The number of allylic oxidation sites excluding steroid dienone is 3. The molecular weight excluding hydrogens is 312 g/mol. The van der Waals surface area contributed by atoms with E-state index in [2.05, 4.69) is 12.1 Å². The summed E-state index contributed by atoms with van der Waals surface area (Å²) in [6.45, 7) is 4.02. The van der Waals surface area contributed by atoms with Crippen molar-refractivity contribution in [3.05, 3.63) is 71.3 Å². The Kier molecular flexibility index (Phi) is 4.49. The van der Waals surface area contributed by atoms with Gasteiger partial charge >= 0.3 is 0 Å². The number of hydrogen-bond acceptors (Lipinski definition) is 3. The zero-order chi connectivity index (χ0) is 18.0. The lowest BCUT2D eigenvalue weighted by Gasteiger charge is -2.20. The van der Waals surface area contributed by atoms with Gasteiger partial charge in [-0.15, -0.1) is 0 Å². The molecule has 0 radical (unpaired) electrons. The quantitative estimate of drug-likeness (QED) is 0.746. The molecular formula is C22H22O3. The lowest BCUT2D eigenvalue weighted by molar-refractivity contribution is -0.117. The molecule has 128 valence electrons. The van der Waals surface area contributed by atoms with Crippen LogP contribution >= 0.6 is 0 Å². The monoisotopic (exact) mass is 334 g/mol. The first kappa shape index (κ1) is 17.0. The van der Waals surface area contributed by atoms with Gasteiger partial charge in [0.1, 0.15) is 11.5 Å².